The maximum absolute atomic E-state index is 11.2. The maximum atomic E-state index is 11.2. The summed E-state index contributed by atoms with van der Waals surface area (Å²) in [5.74, 6) is 0.680. The van der Waals surface area contributed by atoms with Crippen molar-refractivity contribution >= 4 is 23.7 Å². The first-order valence-electron chi connectivity index (χ1n) is 5.47. The quantitative estimate of drug-likeness (QED) is 0.553. The highest BCUT2D eigenvalue weighted by molar-refractivity contribution is 7.99. The van der Waals surface area contributed by atoms with Crippen LogP contribution in [-0.2, 0) is 4.79 Å². The Balaban J connectivity index is 3.43. The molecule has 0 heterocycles. The van der Waals surface area contributed by atoms with Gasteiger partial charge in [-0.15, -0.1) is 0 Å². The number of hydrogen-bond acceptors (Lipinski definition) is 4. The molecule has 0 fully saturated rings. The van der Waals surface area contributed by atoms with Crippen molar-refractivity contribution in [3.63, 3.8) is 0 Å². The van der Waals surface area contributed by atoms with Gasteiger partial charge in [-0.3, -0.25) is 10.1 Å². The smallest absolute Gasteiger partial charge is 0.321 e. The zero-order valence-electron chi connectivity index (χ0n) is 9.62. The number of carbonyl (C=O) groups excluding carboxylic acids is 2. The molecule has 0 aromatic rings. The summed E-state index contributed by atoms with van der Waals surface area (Å²) in [6.45, 7) is 2.75. The van der Waals surface area contributed by atoms with E-state index < -0.39 is 6.03 Å². The highest BCUT2D eigenvalue weighted by Gasteiger charge is 2.06. The molecule has 5 nitrogen and oxygen atoms in total. The van der Waals surface area contributed by atoms with E-state index in [0.717, 1.165) is 18.6 Å². The molecule has 16 heavy (non-hydrogen) atoms. The van der Waals surface area contributed by atoms with Crippen LogP contribution in [0, 0.1) is 0 Å². The molecular formula is C10H20N2O3S. The Kier molecular flexibility index (Phi) is 10.3. The monoisotopic (exact) mass is 248 g/mol. The third-order valence-electron chi connectivity index (χ3n) is 1.75. The Hall–Kier alpha value is -0.750. The van der Waals surface area contributed by atoms with E-state index in [1.807, 2.05) is 6.92 Å². The van der Waals surface area contributed by atoms with Gasteiger partial charge in [0.1, 0.15) is 0 Å². The molecule has 0 aromatic carbocycles. The van der Waals surface area contributed by atoms with Crippen LogP contribution < -0.4 is 10.6 Å². The molecule has 0 aromatic heterocycles. The number of aliphatic hydroxyl groups excluding tert-OH is 1. The highest BCUT2D eigenvalue weighted by atomic mass is 32.2. The second kappa shape index (κ2) is 10.8. The summed E-state index contributed by atoms with van der Waals surface area (Å²) in [6, 6.07) is -0.429. The molecule has 94 valence electrons. The molecule has 0 rings (SSSR count). The number of rotatable bonds is 8. The van der Waals surface area contributed by atoms with Crippen molar-refractivity contribution in [1.29, 1.82) is 0 Å². The van der Waals surface area contributed by atoms with E-state index in [1.54, 1.807) is 0 Å². The van der Waals surface area contributed by atoms with Crippen molar-refractivity contribution in [1.82, 2.24) is 10.6 Å². The molecule has 3 amide bonds. The van der Waals surface area contributed by atoms with Gasteiger partial charge in [-0.2, -0.15) is 11.8 Å². The lowest BCUT2D eigenvalue weighted by molar-refractivity contribution is -0.117. The van der Waals surface area contributed by atoms with Gasteiger partial charge in [-0.05, 0) is 18.6 Å². The molecule has 0 atom stereocenters. The Labute approximate surface area is 100 Å². The van der Waals surface area contributed by atoms with Gasteiger partial charge >= 0.3 is 6.03 Å². The van der Waals surface area contributed by atoms with E-state index >= 15 is 0 Å². The Bertz CT molecular complexity index is 212. The molecule has 0 bridgehead atoms. The first-order chi connectivity index (χ1) is 7.70. The molecule has 6 heteroatoms. The predicted octanol–water partition coefficient (Wildman–Crippen LogP) is 0.728. The van der Waals surface area contributed by atoms with Gasteiger partial charge in [-0.1, -0.05) is 13.3 Å². The summed E-state index contributed by atoms with van der Waals surface area (Å²) in [5, 5.41) is 13.4. The standard InChI is InChI=1S/C10H20N2O3S/c1-2-3-5-11-10(15)12-9(14)8-16-7-4-6-13/h13H,2-8H2,1H3,(H2,11,12,14,15). The first kappa shape index (κ1) is 15.2. The summed E-state index contributed by atoms with van der Waals surface area (Å²) in [7, 11) is 0. The topological polar surface area (TPSA) is 78.4 Å². The van der Waals surface area contributed by atoms with Crippen molar-refractivity contribution in [2.24, 2.45) is 0 Å². The van der Waals surface area contributed by atoms with Crippen molar-refractivity contribution in [3.8, 4) is 0 Å². The molecule has 0 saturated carbocycles. The van der Waals surface area contributed by atoms with Crippen molar-refractivity contribution in [2.45, 2.75) is 26.2 Å². The number of imide groups is 1. The normalized spacial score (nSPS) is 9.88. The van der Waals surface area contributed by atoms with Gasteiger partial charge in [-0.25, -0.2) is 4.79 Å². The second-order valence-electron chi connectivity index (χ2n) is 3.29. The van der Waals surface area contributed by atoms with Crippen LogP contribution in [0.3, 0.4) is 0 Å². The minimum Gasteiger partial charge on any atom is -0.396 e. The lowest BCUT2D eigenvalue weighted by Gasteiger charge is -2.05. The zero-order valence-corrected chi connectivity index (χ0v) is 10.4. The average molecular weight is 248 g/mol. The van der Waals surface area contributed by atoms with E-state index in [0.29, 0.717) is 13.0 Å². The molecule has 0 spiro atoms. The summed E-state index contributed by atoms with van der Waals surface area (Å²) >= 11 is 1.40. The number of unbranched alkanes of at least 4 members (excludes halogenated alkanes) is 1. The van der Waals surface area contributed by atoms with Crippen LogP contribution in [0.2, 0.25) is 0 Å². The molecule has 0 unspecified atom stereocenters. The van der Waals surface area contributed by atoms with Crippen LogP contribution in [0.15, 0.2) is 0 Å². The average Bonchev–Trinajstić information content (AvgIpc) is 2.25. The van der Waals surface area contributed by atoms with Gasteiger partial charge in [0.05, 0.1) is 5.75 Å². The second-order valence-corrected chi connectivity index (χ2v) is 4.39. The molecule has 0 aliphatic rings. The fourth-order valence-corrected chi connectivity index (χ4v) is 1.65. The van der Waals surface area contributed by atoms with Crippen molar-refractivity contribution in [3.05, 3.63) is 0 Å². The number of hydrogen-bond donors (Lipinski definition) is 3. The highest BCUT2D eigenvalue weighted by Crippen LogP contribution is 2.00. The maximum Gasteiger partial charge on any atom is 0.321 e. The Morgan fingerprint density at radius 3 is 2.69 bits per heavy atom. The van der Waals surface area contributed by atoms with Gasteiger partial charge in [0.2, 0.25) is 5.91 Å². The number of amides is 3. The number of thioether (sulfide) groups is 1. The third kappa shape index (κ3) is 9.79. The fourth-order valence-electron chi connectivity index (χ4n) is 0.917. The minimum atomic E-state index is -0.429. The summed E-state index contributed by atoms with van der Waals surface area (Å²) < 4.78 is 0. The Morgan fingerprint density at radius 1 is 1.31 bits per heavy atom. The molecule has 0 aliphatic carbocycles. The van der Waals surface area contributed by atoms with Crippen molar-refractivity contribution < 1.29 is 14.7 Å². The van der Waals surface area contributed by atoms with Crippen LogP contribution in [0.1, 0.15) is 26.2 Å². The largest absolute Gasteiger partial charge is 0.396 e. The molecule has 0 radical (unpaired) electrons. The predicted molar refractivity (Wildman–Crippen MR) is 65.5 cm³/mol. The van der Waals surface area contributed by atoms with Crippen LogP contribution in [0.4, 0.5) is 4.79 Å². The summed E-state index contributed by atoms with van der Waals surface area (Å²) in [5.41, 5.74) is 0. The fraction of sp³-hybridized carbons (Fsp3) is 0.800. The van der Waals surface area contributed by atoms with Crippen LogP contribution in [-0.4, -0.2) is 41.7 Å². The summed E-state index contributed by atoms with van der Waals surface area (Å²) in [4.78, 5) is 22.3. The molecular weight excluding hydrogens is 228 g/mol. The summed E-state index contributed by atoms with van der Waals surface area (Å²) in [6.07, 6.45) is 2.58. The number of urea groups is 1. The van der Waals surface area contributed by atoms with Gasteiger partial charge in [0, 0.05) is 13.2 Å². The van der Waals surface area contributed by atoms with E-state index in [2.05, 4.69) is 10.6 Å². The SMILES string of the molecule is CCCCNC(=O)NC(=O)CSCCCO. The minimum absolute atomic E-state index is 0.131. The molecule has 0 aliphatic heterocycles. The van der Waals surface area contributed by atoms with Gasteiger partial charge in [0.25, 0.3) is 0 Å². The lowest BCUT2D eigenvalue weighted by atomic mass is 10.3. The third-order valence-corrected chi connectivity index (χ3v) is 2.79. The van der Waals surface area contributed by atoms with E-state index in [-0.39, 0.29) is 18.3 Å². The lowest BCUT2D eigenvalue weighted by Crippen LogP contribution is -2.40. The first-order valence-corrected chi connectivity index (χ1v) is 6.62. The van der Waals surface area contributed by atoms with E-state index in [4.69, 9.17) is 5.11 Å². The molecule has 0 saturated heterocycles. The van der Waals surface area contributed by atoms with Crippen molar-refractivity contribution in [2.75, 3.05) is 24.7 Å². The van der Waals surface area contributed by atoms with E-state index in [1.165, 1.54) is 11.8 Å². The number of nitrogens with one attached hydrogen (secondary N) is 2. The van der Waals surface area contributed by atoms with Gasteiger partial charge < -0.3 is 10.4 Å². The van der Waals surface area contributed by atoms with E-state index in [9.17, 15) is 9.59 Å². The Morgan fingerprint density at radius 2 is 2.06 bits per heavy atom. The van der Waals surface area contributed by atoms with Crippen LogP contribution >= 0.6 is 11.8 Å². The number of carbonyl (C=O) groups is 2. The van der Waals surface area contributed by atoms with Crippen LogP contribution in [0.5, 0.6) is 0 Å². The molecule has 3 N–H and O–H groups in total. The van der Waals surface area contributed by atoms with Gasteiger partial charge in [0.15, 0.2) is 0 Å². The zero-order chi connectivity index (χ0) is 12.2. The van der Waals surface area contributed by atoms with Crippen LogP contribution in [0.25, 0.3) is 0 Å². The number of aliphatic hydroxyl groups is 1.